The minimum absolute atomic E-state index is 0.225. The number of benzene rings is 1. The van der Waals surface area contributed by atoms with Crippen LogP contribution in [0.25, 0.3) is 0 Å². The number of methoxy groups -OCH3 is 1. The lowest BCUT2D eigenvalue weighted by Crippen LogP contribution is -2.30. The number of nitrogens with zero attached hydrogens (tertiary/aromatic N) is 1. The number of carbonyl (C=O) groups excluding carboxylic acids is 1. The second kappa shape index (κ2) is 6.75. The Bertz CT molecular complexity index is 702. The van der Waals surface area contributed by atoms with Crippen molar-refractivity contribution in [2.24, 2.45) is 0 Å². The van der Waals surface area contributed by atoms with E-state index >= 15 is 0 Å². The molecule has 1 aliphatic carbocycles. The van der Waals surface area contributed by atoms with Crippen molar-refractivity contribution in [2.45, 2.75) is 18.9 Å². The number of nitrogens with one attached hydrogen (secondary N) is 3. The van der Waals surface area contributed by atoms with Crippen LogP contribution in [-0.4, -0.2) is 24.2 Å². The topological polar surface area (TPSA) is 75.3 Å². The molecule has 0 bridgehead atoms. The number of amides is 2. The first-order valence-electron chi connectivity index (χ1n) is 7.28. The van der Waals surface area contributed by atoms with Gasteiger partial charge < -0.3 is 15.4 Å². The molecule has 2 aromatic rings. The maximum Gasteiger partial charge on any atom is 0.320 e. The van der Waals surface area contributed by atoms with E-state index in [4.69, 9.17) is 16.3 Å². The van der Waals surface area contributed by atoms with E-state index in [9.17, 15) is 4.79 Å². The van der Waals surface area contributed by atoms with Gasteiger partial charge in [-0.05, 0) is 43.2 Å². The Balaban J connectivity index is 1.65. The lowest BCUT2D eigenvalue weighted by Gasteiger charge is -2.12. The molecule has 0 spiro atoms. The van der Waals surface area contributed by atoms with Crippen LogP contribution in [0.1, 0.15) is 12.8 Å². The number of ether oxygens (including phenoxy) is 1. The van der Waals surface area contributed by atoms with Crippen LogP contribution in [0.3, 0.4) is 0 Å². The molecule has 3 N–H and O–H groups in total. The van der Waals surface area contributed by atoms with Gasteiger partial charge in [0.25, 0.3) is 0 Å². The third-order valence-corrected chi connectivity index (χ3v) is 3.59. The first kappa shape index (κ1) is 15.4. The molecule has 1 saturated carbocycles. The normalized spacial score (nSPS) is 13.3. The summed E-state index contributed by atoms with van der Waals surface area (Å²) < 4.78 is 5.28. The van der Waals surface area contributed by atoms with Gasteiger partial charge in [0.05, 0.1) is 24.7 Å². The SMILES string of the molecule is COc1ccc(Cl)cc1Nc1ccc(NC(=O)NC2CC2)nc1. The number of hydrogen-bond donors (Lipinski definition) is 3. The molecule has 7 heteroatoms. The van der Waals surface area contributed by atoms with Crippen LogP contribution in [0.5, 0.6) is 5.75 Å². The van der Waals surface area contributed by atoms with Gasteiger partial charge in [0.2, 0.25) is 0 Å². The lowest BCUT2D eigenvalue weighted by molar-refractivity contribution is 0.251. The fourth-order valence-electron chi connectivity index (χ4n) is 2.04. The molecule has 0 saturated heterocycles. The van der Waals surface area contributed by atoms with Crippen molar-refractivity contribution in [3.05, 3.63) is 41.6 Å². The number of hydrogen-bond acceptors (Lipinski definition) is 4. The summed E-state index contributed by atoms with van der Waals surface area (Å²) in [5.74, 6) is 1.17. The molecule has 2 amide bonds. The van der Waals surface area contributed by atoms with E-state index in [1.165, 1.54) is 0 Å². The van der Waals surface area contributed by atoms with Gasteiger partial charge in [0.15, 0.2) is 0 Å². The lowest BCUT2D eigenvalue weighted by atomic mass is 10.2. The van der Waals surface area contributed by atoms with Crippen LogP contribution >= 0.6 is 11.6 Å². The van der Waals surface area contributed by atoms with E-state index in [1.807, 2.05) is 6.07 Å². The third-order valence-electron chi connectivity index (χ3n) is 3.36. The average molecular weight is 333 g/mol. The minimum atomic E-state index is -0.225. The molecule has 1 aromatic carbocycles. The largest absolute Gasteiger partial charge is 0.495 e. The Hall–Kier alpha value is -2.47. The summed E-state index contributed by atoms with van der Waals surface area (Å²) in [6.45, 7) is 0. The van der Waals surface area contributed by atoms with Gasteiger partial charge in [-0.15, -0.1) is 0 Å². The summed E-state index contributed by atoms with van der Waals surface area (Å²) >= 11 is 6.00. The van der Waals surface area contributed by atoms with Crippen LogP contribution in [0.15, 0.2) is 36.5 Å². The zero-order valence-electron chi connectivity index (χ0n) is 12.6. The molecule has 0 aliphatic heterocycles. The maximum absolute atomic E-state index is 11.7. The standard InChI is InChI=1S/C16H17ClN4O2/c1-23-14-6-2-10(17)8-13(14)19-12-5-7-15(18-9-12)21-16(22)20-11-3-4-11/h2,5-9,11,19H,3-4H2,1H3,(H2,18,20,21,22). The highest BCUT2D eigenvalue weighted by Gasteiger charge is 2.23. The van der Waals surface area contributed by atoms with Crippen molar-refractivity contribution >= 4 is 34.8 Å². The summed E-state index contributed by atoms with van der Waals surface area (Å²) in [5.41, 5.74) is 1.51. The number of carbonyl (C=O) groups is 1. The monoisotopic (exact) mass is 332 g/mol. The van der Waals surface area contributed by atoms with Gasteiger partial charge in [0.1, 0.15) is 11.6 Å². The van der Waals surface area contributed by atoms with Crippen molar-refractivity contribution in [1.82, 2.24) is 10.3 Å². The van der Waals surface area contributed by atoms with Gasteiger partial charge >= 0.3 is 6.03 Å². The van der Waals surface area contributed by atoms with Crippen LogP contribution in [-0.2, 0) is 0 Å². The second-order valence-electron chi connectivity index (χ2n) is 5.27. The summed E-state index contributed by atoms with van der Waals surface area (Å²) in [7, 11) is 1.60. The Labute approximate surface area is 139 Å². The van der Waals surface area contributed by atoms with E-state index in [-0.39, 0.29) is 6.03 Å². The van der Waals surface area contributed by atoms with Gasteiger partial charge in [-0.3, -0.25) is 5.32 Å². The molecule has 0 radical (unpaired) electrons. The molecule has 0 atom stereocenters. The van der Waals surface area contributed by atoms with E-state index in [1.54, 1.807) is 37.6 Å². The van der Waals surface area contributed by atoms with Gasteiger partial charge in [-0.25, -0.2) is 9.78 Å². The maximum atomic E-state index is 11.7. The number of aromatic nitrogens is 1. The summed E-state index contributed by atoms with van der Waals surface area (Å²) in [4.78, 5) is 15.9. The average Bonchev–Trinajstić information content (AvgIpc) is 3.33. The Kier molecular flexibility index (Phi) is 4.52. The highest BCUT2D eigenvalue weighted by molar-refractivity contribution is 6.31. The molecular formula is C16H17ClN4O2. The number of urea groups is 1. The van der Waals surface area contributed by atoms with E-state index in [2.05, 4.69) is 20.9 Å². The van der Waals surface area contributed by atoms with E-state index in [0.717, 1.165) is 24.2 Å². The first-order chi connectivity index (χ1) is 11.1. The van der Waals surface area contributed by atoms with E-state index < -0.39 is 0 Å². The molecule has 1 fully saturated rings. The van der Waals surface area contributed by atoms with Crippen molar-refractivity contribution < 1.29 is 9.53 Å². The fraction of sp³-hybridized carbons (Fsp3) is 0.250. The zero-order chi connectivity index (χ0) is 16.2. The molecule has 23 heavy (non-hydrogen) atoms. The zero-order valence-corrected chi connectivity index (χ0v) is 13.4. The highest BCUT2D eigenvalue weighted by Crippen LogP contribution is 2.30. The van der Waals surface area contributed by atoms with Crippen LogP contribution in [0.4, 0.5) is 22.0 Å². The smallest absolute Gasteiger partial charge is 0.320 e. The van der Waals surface area contributed by atoms with Crippen molar-refractivity contribution in [3.63, 3.8) is 0 Å². The van der Waals surface area contributed by atoms with Crippen molar-refractivity contribution in [1.29, 1.82) is 0 Å². The van der Waals surface area contributed by atoms with Crippen molar-refractivity contribution in [2.75, 3.05) is 17.7 Å². The van der Waals surface area contributed by atoms with Gasteiger partial charge in [-0.1, -0.05) is 11.6 Å². The molecule has 3 rings (SSSR count). The molecular weight excluding hydrogens is 316 g/mol. The fourth-order valence-corrected chi connectivity index (χ4v) is 2.21. The van der Waals surface area contributed by atoms with Gasteiger partial charge in [-0.2, -0.15) is 0 Å². The third kappa shape index (κ3) is 4.26. The molecule has 1 aliphatic rings. The predicted molar refractivity (Wildman–Crippen MR) is 90.7 cm³/mol. The highest BCUT2D eigenvalue weighted by atomic mass is 35.5. The Morgan fingerprint density at radius 1 is 1.30 bits per heavy atom. The Morgan fingerprint density at radius 2 is 2.13 bits per heavy atom. The van der Waals surface area contributed by atoms with Crippen LogP contribution in [0.2, 0.25) is 5.02 Å². The minimum Gasteiger partial charge on any atom is -0.495 e. The molecule has 1 heterocycles. The number of halogens is 1. The predicted octanol–water partition coefficient (Wildman–Crippen LogP) is 3.77. The first-order valence-corrected chi connectivity index (χ1v) is 7.66. The second-order valence-corrected chi connectivity index (χ2v) is 5.71. The van der Waals surface area contributed by atoms with Crippen LogP contribution in [0, 0.1) is 0 Å². The Morgan fingerprint density at radius 3 is 2.78 bits per heavy atom. The summed E-state index contributed by atoms with van der Waals surface area (Å²) in [5, 5.41) is 9.34. The van der Waals surface area contributed by atoms with Crippen molar-refractivity contribution in [3.8, 4) is 5.75 Å². The van der Waals surface area contributed by atoms with E-state index in [0.29, 0.717) is 22.6 Å². The molecule has 1 aromatic heterocycles. The number of pyridine rings is 1. The van der Waals surface area contributed by atoms with Gasteiger partial charge in [0, 0.05) is 11.1 Å². The molecule has 6 nitrogen and oxygen atoms in total. The molecule has 0 unspecified atom stereocenters. The number of anilines is 3. The number of rotatable bonds is 5. The summed E-state index contributed by atoms with van der Waals surface area (Å²) in [6, 6.07) is 8.95. The molecule has 120 valence electrons. The quantitative estimate of drug-likeness (QED) is 0.779. The summed E-state index contributed by atoms with van der Waals surface area (Å²) in [6.07, 6.45) is 3.73. The van der Waals surface area contributed by atoms with Crippen LogP contribution < -0.4 is 20.7 Å².